The number of carbonyl (C=O) groups excluding carboxylic acids is 1. The van der Waals surface area contributed by atoms with Crippen molar-refractivity contribution in [2.75, 3.05) is 10.6 Å². The van der Waals surface area contributed by atoms with Gasteiger partial charge in [-0.25, -0.2) is 4.98 Å². The molecule has 74 valence electrons. The number of allylic oxidation sites excluding steroid dienone is 1. The minimum atomic E-state index is -0.134. The molecule has 1 heterocycles. The maximum Gasteiger partial charge on any atom is 0.222 e. The summed E-state index contributed by atoms with van der Waals surface area (Å²) in [6.07, 6.45) is 0. The summed E-state index contributed by atoms with van der Waals surface area (Å²) in [5, 5.41) is 5.56. The first-order chi connectivity index (χ1) is 6.58. The second kappa shape index (κ2) is 4.41. The molecule has 0 radical (unpaired) electrons. The van der Waals surface area contributed by atoms with Gasteiger partial charge in [0.25, 0.3) is 0 Å². The second-order valence-corrected chi connectivity index (χ2v) is 2.99. The molecular formula is C10H13N3O. The summed E-state index contributed by atoms with van der Waals surface area (Å²) in [5.41, 5.74) is 0.803. The third-order valence-electron chi connectivity index (χ3n) is 1.39. The molecule has 0 saturated heterocycles. The lowest BCUT2D eigenvalue weighted by Crippen LogP contribution is -2.08. The molecule has 0 fully saturated rings. The van der Waals surface area contributed by atoms with Gasteiger partial charge in [0.15, 0.2) is 0 Å². The van der Waals surface area contributed by atoms with Crippen molar-refractivity contribution in [3.63, 3.8) is 0 Å². The summed E-state index contributed by atoms with van der Waals surface area (Å²) in [6, 6.07) is 5.34. The van der Waals surface area contributed by atoms with E-state index in [4.69, 9.17) is 0 Å². The lowest BCUT2D eigenvalue weighted by Gasteiger charge is -2.06. The van der Waals surface area contributed by atoms with Crippen LogP contribution in [0.5, 0.6) is 0 Å². The highest BCUT2D eigenvalue weighted by Crippen LogP contribution is 2.10. The van der Waals surface area contributed by atoms with Crippen LogP contribution in [0.1, 0.15) is 13.8 Å². The van der Waals surface area contributed by atoms with Crippen LogP contribution < -0.4 is 10.6 Å². The normalized spacial score (nSPS) is 9.29. The number of hydrogen-bond donors (Lipinski definition) is 2. The van der Waals surface area contributed by atoms with E-state index in [1.807, 2.05) is 13.0 Å². The number of rotatable bonds is 3. The highest BCUT2D eigenvalue weighted by molar-refractivity contribution is 5.87. The Morgan fingerprint density at radius 2 is 1.86 bits per heavy atom. The topological polar surface area (TPSA) is 54.0 Å². The Hall–Kier alpha value is -1.84. The minimum Gasteiger partial charge on any atom is -0.345 e. The maximum absolute atomic E-state index is 10.8. The van der Waals surface area contributed by atoms with Crippen LogP contribution >= 0.6 is 0 Å². The van der Waals surface area contributed by atoms with Crippen LogP contribution in [0.2, 0.25) is 0 Å². The molecule has 0 spiro atoms. The van der Waals surface area contributed by atoms with E-state index >= 15 is 0 Å². The molecule has 14 heavy (non-hydrogen) atoms. The standard InChI is InChI=1S/C10H13N3O/c1-7(2)11-9-5-4-6-10(13-9)12-8(3)14/h4-6H,1H2,2-3H3,(H2,11,12,13,14). The van der Waals surface area contributed by atoms with Gasteiger partial charge in [0, 0.05) is 12.6 Å². The Kier molecular flexibility index (Phi) is 3.23. The summed E-state index contributed by atoms with van der Waals surface area (Å²) in [5.74, 6) is 1.07. The van der Waals surface area contributed by atoms with Gasteiger partial charge < -0.3 is 10.6 Å². The first-order valence-corrected chi connectivity index (χ1v) is 4.25. The van der Waals surface area contributed by atoms with E-state index in [2.05, 4.69) is 22.2 Å². The number of hydrogen-bond acceptors (Lipinski definition) is 3. The molecular weight excluding hydrogens is 178 g/mol. The van der Waals surface area contributed by atoms with E-state index in [0.717, 1.165) is 5.70 Å². The fraction of sp³-hybridized carbons (Fsp3) is 0.200. The Labute approximate surface area is 83.0 Å². The summed E-state index contributed by atoms with van der Waals surface area (Å²) < 4.78 is 0. The fourth-order valence-electron chi connectivity index (χ4n) is 0.973. The van der Waals surface area contributed by atoms with Crippen molar-refractivity contribution < 1.29 is 4.79 Å². The predicted octanol–water partition coefficient (Wildman–Crippen LogP) is 1.99. The van der Waals surface area contributed by atoms with Crippen LogP contribution in [0.25, 0.3) is 0 Å². The minimum absolute atomic E-state index is 0.134. The smallest absolute Gasteiger partial charge is 0.222 e. The molecule has 2 N–H and O–H groups in total. The van der Waals surface area contributed by atoms with E-state index in [1.165, 1.54) is 6.92 Å². The molecule has 1 aromatic heterocycles. The van der Waals surface area contributed by atoms with E-state index in [0.29, 0.717) is 11.6 Å². The summed E-state index contributed by atoms with van der Waals surface area (Å²) >= 11 is 0. The number of pyridine rings is 1. The van der Waals surface area contributed by atoms with Crippen LogP contribution in [0, 0.1) is 0 Å². The van der Waals surface area contributed by atoms with E-state index in [9.17, 15) is 4.79 Å². The van der Waals surface area contributed by atoms with Gasteiger partial charge in [-0.15, -0.1) is 0 Å². The Bertz CT molecular complexity index is 329. The van der Waals surface area contributed by atoms with Crippen molar-refractivity contribution in [1.82, 2.24) is 4.98 Å². The average Bonchev–Trinajstić information content (AvgIpc) is 2.01. The Morgan fingerprint density at radius 3 is 2.36 bits per heavy atom. The van der Waals surface area contributed by atoms with Crippen LogP contribution in [-0.2, 0) is 4.79 Å². The first kappa shape index (κ1) is 10.2. The quantitative estimate of drug-likeness (QED) is 0.768. The molecule has 0 saturated carbocycles. The number of carbonyl (C=O) groups is 1. The fourth-order valence-corrected chi connectivity index (χ4v) is 0.973. The zero-order valence-corrected chi connectivity index (χ0v) is 8.29. The molecule has 0 aliphatic carbocycles. The average molecular weight is 191 g/mol. The monoisotopic (exact) mass is 191 g/mol. The van der Waals surface area contributed by atoms with Gasteiger partial charge in [0.2, 0.25) is 5.91 Å². The van der Waals surface area contributed by atoms with E-state index < -0.39 is 0 Å². The van der Waals surface area contributed by atoms with Gasteiger partial charge in [0.05, 0.1) is 0 Å². The molecule has 0 aliphatic rings. The van der Waals surface area contributed by atoms with Gasteiger partial charge in [0.1, 0.15) is 11.6 Å². The molecule has 0 aromatic carbocycles. The SMILES string of the molecule is C=C(C)Nc1cccc(NC(C)=O)n1. The summed E-state index contributed by atoms with van der Waals surface area (Å²) in [6.45, 7) is 6.99. The van der Waals surface area contributed by atoms with Crippen LogP contribution in [0.15, 0.2) is 30.5 Å². The Morgan fingerprint density at radius 1 is 1.29 bits per heavy atom. The molecule has 1 amide bonds. The van der Waals surface area contributed by atoms with E-state index in [1.54, 1.807) is 12.1 Å². The molecule has 0 bridgehead atoms. The van der Waals surface area contributed by atoms with Gasteiger partial charge in [-0.05, 0) is 19.1 Å². The van der Waals surface area contributed by atoms with Crippen molar-refractivity contribution in [1.29, 1.82) is 0 Å². The van der Waals surface area contributed by atoms with Gasteiger partial charge in [-0.3, -0.25) is 4.79 Å². The largest absolute Gasteiger partial charge is 0.345 e. The van der Waals surface area contributed by atoms with Crippen molar-refractivity contribution in [2.24, 2.45) is 0 Å². The number of nitrogens with one attached hydrogen (secondary N) is 2. The number of amides is 1. The van der Waals surface area contributed by atoms with Crippen molar-refractivity contribution in [3.8, 4) is 0 Å². The zero-order chi connectivity index (χ0) is 10.6. The number of anilines is 2. The lowest BCUT2D eigenvalue weighted by atomic mass is 10.4. The number of aromatic nitrogens is 1. The van der Waals surface area contributed by atoms with Gasteiger partial charge in [-0.1, -0.05) is 12.6 Å². The first-order valence-electron chi connectivity index (χ1n) is 4.25. The third-order valence-corrected chi connectivity index (χ3v) is 1.39. The molecule has 0 unspecified atom stereocenters. The molecule has 0 atom stereocenters. The van der Waals surface area contributed by atoms with Crippen LogP contribution in [0.3, 0.4) is 0 Å². The van der Waals surface area contributed by atoms with Crippen molar-refractivity contribution in [3.05, 3.63) is 30.5 Å². The summed E-state index contributed by atoms with van der Waals surface area (Å²) in [7, 11) is 0. The van der Waals surface area contributed by atoms with Crippen molar-refractivity contribution in [2.45, 2.75) is 13.8 Å². The predicted molar refractivity (Wildman–Crippen MR) is 57.0 cm³/mol. The summed E-state index contributed by atoms with van der Waals surface area (Å²) in [4.78, 5) is 14.9. The third kappa shape index (κ3) is 3.26. The van der Waals surface area contributed by atoms with Crippen LogP contribution in [0.4, 0.5) is 11.6 Å². The van der Waals surface area contributed by atoms with E-state index in [-0.39, 0.29) is 5.91 Å². The van der Waals surface area contributed by atoms with Crippen molar-refractivity contribution >= 4 is 17.5 Å². The molecule has 4 nitrogen and oxygen atoms in total. The molecule has 0 aliphatic heterocycles. The molecule has 4 heteroatoms. The Balaban J connectivity index is 2.78. The van der Waals surface area contributed by atoms with Gasteiger partial charge >= 0.3 is 0 Å². The zero-order valence-electron chi connectivity index (χ0n) is 8.29. The van der Waals surface area contributed by atoms with Crippen LogP contribution in [-0.4, -0.2) is 10.9 Å². The maximum atomic E-state index is 10.8. The molecule has 1 rings (SSSR count). The second-order valence-electron chi connectivity index (χ2n) is 2.99. The number of nitrogens with zero attached hydrogens (tertiary/aromatic N) is 1. The van der Waals surface area contributed by atoms with Gasteiger partial charge in [-0.2, -0.15) is 0 Å². The highest BCUT2D eigenvalue weighted by Gasteiger charge is 1.98. The highest BCUT2D eigenvalue weighted by atomic mass is 16.1. The lowest BCUT2D eigenvalue weighted by molar-refractivity contribution is -0.114. The molecule has 1 aromatic rings.